The van der Waals surface area contributed by atoms with Crippen molar-refractivity contribution in [2.24, 2.45) is 0 Å². The second kappa shape index (κ2) is 3.59. The number of hydrogen-bond donors (Lipinski definition) is 3. The number of aliphatic hydroxyl groups excluding tert-OH is 1. The highest BCUT2D eigenvalue weighted by atomic mass is 16.3. The monoisotopic (exact) mass is 191 g/mol. The Morgan fingerprint density at radius 3 is 3.00 bits per heavy atom. The lowest BCUT2D eigenvalue weighted by molar-refractivity contribution is 0.307. The quantitative estimate of drug-likeness (QED) is 0.627. The third-order valence-corrected chi connectivity index (χ3v) is 2.11. The number of aromatic nitrogens is 1. The van der Waals surface area contributed by atoms with Crippen molar-refractivity contribution in [1.29, 1.82) is 0 Å². The van der Waals surface area contributed by atoms with Crippen LogP contribution >= 0.6 is 0 Å². The molecule has 1 heterocycles. The number of hydrogen-bond acceptors (Lipinski definition) is 3. The first-order valence-electron chi connectivity index (χ1n) is 4.52. The predicted octanol–water partition coefficient (Wildman–Crippen LogP) is 0.759. The lowest BCUT2D eigenvalue weighted by Crippen LogP contribution is -2.17. The molecule has 0 aliphatic rings. The SMILES string of the molecule is Nc1ccc2ccn(NCCO)c2c1. The molecule has 1 aromatic heterocycles. The molecule has 2 rings (SSSR count). The lowest BCUT2D eigenvalue weighted by Gasteiger charge is -2.07. The fraction of sp³-hybridized carbons (Fsp3) is 0.200. The predicted molar refractivity (Wildman–Crippen MR) is 57.7 cm³/mol. The molecule has 0 radical (unpaired) electrons. The van der Waals surface area contributed by atoms with E-state index >= 15 is 0 Å². The van der Waals surface area contributed by atoms with Crippen LogP contribution in [0.4, 0.5) is 5.69 Å². The van der Waals surface area contributed by atoms with Crippen molar-refractivity contribution < 1.29 is 5.11 Å². The Bertz CT molecular complexity index is 436. The molecule has 4 heteroatoms. The summed E-state index contributed by atoms with van der Waals surface area (Å²) in [5, 5.41) is 9.82. The summed E-state index contributed by atoms with van der Waals surface area (Å²) < 4.78 is 1.86. The van der Waals surface area contributed by atoms with Gasteiger partial charge in [0.2, 0.25) is 0 Å². The van der Waals surface area contributed by atoms with Crippen molar-refractivity contribution in [3.8, 4) is 0 Å². The third-order valence-electron chi connectivity index (χ3n) is 2.11. The largest absolute Gasteiger partial charge is 0.399 e. The van der Waals surface area contributed by atoms with Gasteiger partial charge in [-0.1, -0.05) is 6.07 Å². The molecular weight excluding hydrogens is 178 g/mol. The number of anilines is 1. The average Bonchev–Trinajstić information content (AvgIpc) is 2.57. The summed E-state index contributed by atoms with van der Waals surface area (Å²) in [6.07, 6.45) is 1.92. The van der Waals surface area contributed by atoms with Gasteiger partial charge in [0, 0.05) is 17.3 Å². The van der Waals surface area contributed by atoms with E-state index in [1.165, 1.54) is 0 Å². The van der Waals surface area contributed by atoms with Gasteiger partial charge < -0.3 is 16.3 Å². The number of fused-ring (bicyclic) bond motifs is 1. The molecule has 0 saturated carbocycles. The average molecular weight is 191 g/mol. The van der Waals surface area contributed by atoms with Gasteiger partial charge in [0.15, 0.2) is 0 Å². The van der Waals surface area contributed by atoms with Crippen molar-refractivity contribution in [1.82, 2.24) is 4.68 Å². The van der Waals surface area contributed by atoms with Crippen LogP contribution in [0.3, 0.4) is 0 Å². The molecule has 2 aromatic rings. The molecule has 4 N–H and O–H groups in total. The van der Waals surface area contributed by atoms with Gasteiger partial charge in [-0.15, -0.1) is 0 Å². The Morgan fingerprint density at radius 2 is 2.21 bits per heavy atom. The molecule has 4 nitrogen and oxygen atoms in total. The van der Waals surface area contributed by atoms with Crippen molar-refractivity contribution in [2.75, 3.05) is 24.3 Å². The number of nitrogens with zero attached hydrogens (tertiary/aromatic N) is 1. The van der Waals surface area contributed by atoms with Crippen LogP contribution in [0.15, 0.2) is 30.5 Å². The zero-order chi connectivity index (χ0) is 9.97. The summed E-state index contributed by atoms with van der Waals surface area (Å²) in [5.41, 5.74) is 10.5. The van der Waals surface area contributed by atoms with Crippen LogP contribution in [-0.2, 0) is 0 Å². The first-order chi connectivity index (χ1) is 6.81. The van der Waals surface area contributed by atoms with Gasteiger partial charge in [-0.05, 0) is 18.2 Å². The van der Waals surface area contributed by atoms with Crippen LogP contribution in [0.5, 0.6) is 0 Å². The smallest absolute Gasteiger partial charge is 0.0712 e. The van der Waals surface area contributed by atoms with Gasteiger partial charge in [-0.2, -0.15) is 0 Å². The minimum absolute atomic E-state index is 0.113. The van der Waals surface area contributed by atoms with Crippen LogP contribution < -0.4 is 11.2 Å². The number of nitrogens with two attached hydrogens (primary N) is 1. The van der Waals surface area contributed by atoms with Crippen LogP contribution in [0.25, 0.3) is 10.9 Å². The summed E-state index contributed by atoms with van der Waals surface area (Å²) in [4.78, 5) is 0. The minimum atomic E-state index is 0.113. The summed E-state index contributed by atoms with van der Waals surface area (Å²) >= 11 is 0. The molecule has 0 unspecified atom stereocenters. The summed E-state index contributed by atoms with van der Waals surface area (Å²) in [7, 11) is 0. The van der Waals surface area contributed by atoms with Gasteiger partial charge in [-0.25, -0.2) is 0 Å². The van der Waals surface area contributed by atoms with Gasteiger partial charge in [-0.3, -0.25) is 4.68 Å². The maximum atomic E-state index is 8.69. The van der Waals surface area contributed by atoms with E-state index in [-0.39, 0.29) is 6.61 Å². The van der Waals surface area contributed by atoms with Crippen molar-refractivity contribution in [3.63, 3.8) is 0 Å². The molecule has 0 aliphatic heterocycles. The van der Waals surface area contributed by atoms with E-state index < -0.39 is 0 Å². The fourth-order valence-corrected chi connectivity index (χ4v) is 1.45. The third kappa shape index (κ3) is 1.52. The molecule has 0 saturated heterocycles. The summed E-state index contributed by atoms with van der Waals surface area (Å²) in [6.45, 7) is 0.639. The molecule has 0 aliphatic carbocycles. The van der Waals surface area contributed by atoms with Gasteiger partial charge >= 0.3 is 0 Å². The van der Waals surface area contributed by atoms with Crippen LogP contribution in [0, 0.1) is 0 Å². The minimum Gasteiger partial charge on any atom is -0.399 e. The maximum Gasteiger partial charge on any atom is 0.0712 e. The molecule has 0 atom stereocenters. The molecular formula is C10H13N3O. The standard InChI is InChI=1S/C10H13N3O/c11-9-2-1-8-3-5-13(10(8)7-9)12-4-6-14/h1-3,5,7,12,14H,4,6,11H2. The Morgan fingerprint density at radius 1 is 1.36 bits per heavy atom. The van der Waals surface area contributed by atoms with Crippen LogP contribution in [0.2, 0.25) is 0 Å². The van der Waals surface area contributed by atoms with Gasteiger partial charge in [0.25, 0.3) is 0 Å². The molecule has 0 amide bonds. The van der Waals surface area contributed by atoms with Crippen LogP contribution in [0.1, 0.15) is 0 Å². The Balaban J connectivity index is 2.40. The summed E-state index contributed by atoms with van der Waals surface area (Å²) in [6, 6.07) is 7.75. The van der Waals surface area contributed by atoms with Crippen molar-refractivity contribution in [2.45, 2.75) is 0 Å². The van der Waals surface area contributed by atoms with E-state index in [1.54, 1.807) is 0 Å². The second-order valence-corrected chi connectivity index (χ2v) is 3.14. The molecule has 0 spiro atoms. The van der Waals surface area contributed by atoms with E-state index in [9.17, 15) is 0 Å². The van der Waals surface area contributed by atoms with Crippen LogP contribution in [-0.4, -0.2) is 22.9 Å². The topological polar surface area (TPSA) is 63.2 Å². The summed E-state index contributed by atoms with van der Waals surface area (Å²) in [5.74, 6) is 0. The second-order valence-electron chi connectivity index (χ2n) is 3.14. The zero-order valence-electron chi connectivity index (χ0n) is 7.77. The highest BCUT2D eigenvalue weighted by Gasteiger charge is 1.99. The number of nitrogens with one attached hydrogen (secondary N) is 1. The number of nitrogen functional groups attached to an aromatic ring is 1. The molecule has 0 fully saturated rings. The van der Waals surface area contributed by atoms with Gasteiger partial charge in [0.05, 0.1) is 18.7 Å². The van der Waals surface area contributed by atoms with Crippen molar-refractivity contribution in [3.05, 3.63) is 30.5 Å². The Hall–Kier alpha value is -1.68. The lowest BCUT2D eigenvalue weighted by atomic mass is 10.2. The molecule has 14 heavy (non-hydrogen) atoms. The number of rotatable bonds is 3. The van der Waals surface area contributed by atoms with Crippen molar-refractivity contribution >= 4 is 16.6 Å². The van der Waals surface area contributed by atoms with E-state index in [0.717, 1.165) is 16.6 Å². The Labute approximate surface area is 81.9 Å². The molecule has 1 aromatic carbocycles. The van der Waals surface area contributed by atoms with E-state index in [4.69, 9.17) is 10.8 Å². The van der Waals surface area contributed by atoms with Gasteiger partial charge in [0.1, 0.15) is 0 Å². The normalized spacial score (nSPS) is 10.6. The number of benzene rings is 1. The van der Waals surface area contributed by atoms with E-state index in [1.807, 2.05) is 35.1 Å². The molecule has 74 valence electrons. The fourth-order valence-electron chi connectivity index (χ4n) is 1.45. The highest BCUT2D eigenvalue weighted by Crippen LogP contribution is 2.17. The number of aliphatic hydroxyl groups is 1. The maximum absolute atomic E-state index is 8.69. The van der Waals surface area contributed by atoms with E-state index in [0.29, 0.717) is 6.54 Å². The first kappa shape index (κ1) is 8.90. The zero-order valence-corrected chi connectivity index (χ0v) is 7.77. The highest BCUT2D eigenvalue weighted by molar-refractivity contribution is 5.83. The first-order valence-corrected chi connectivity index (χ1v) is 4.52. The molecule has 0 bridgehead atoms. The van der Waals surface area contributed by atoms with E-state index in [2.05, 4.69) is 5.43 Å². The Kier molecular flexibility index (Phi) is 2.28.